The Balaban J connectivity index is 1.64. The van der Waals surface area contributed by atoms with Gasteiger partial charge in [-0.25, -0.2) is 4.99 Å². The van der Waals surface area contributed by atoms with E-state index in [0.29, 0.717) is 6.61 Å². The van der Waals surface area contributed by atoms with Gasteiger partial charge < -0.3 is 14.5 Å². The number of allylic oxidation sites excluding steroid dienone is 3. The van der Waals surface area contributed by atoms with E-state index in [9.17, 15) is 0 Å². The molecule has 0 aromatic heterocycles. The average molecular weight is 570 g/mol. The van der Waals surface area contributed by atoms with E-state index >= 15 is 0 Å². The number of nitrogens with zero attached hydrogens (tertiary/aromatic N) is 3. The van der Waals surface area contributed by atoms with Gasteiger partial charge in [-0.2, -0.15) is 0 Å². The lowest BCUT2D eigenvalue weighted by Crippen LogP contribution is -2.21. The van der Waals surface area contributed by atoms with Crippen molar-refractivity contribution < 1.29 is 4.74 Å². The fourth-order valence-electron chi connectivity index (χ4n) is 5.85. The number of aliphatic imine (C=N–C) groups is 1. The van der Waals surface area contributed by atoms with Gasteiger partial charge in [-0.05, 0) is 117 Å². The molecule has 1 aliphatic carbocycles. The van der Waals surface area contributed by atoms with Crippen LogP contribution in [0.1, 0.15) is 56.9 Å². The Hall–Kier alpha value is -4.57. The lowest BCUT2D eigenvalue weighted by molar-refractivity contribution is 0.340. The summed E-state index contributed by atoms with van der Waals surface area (Å²) in [6.07, 6.45) is 4.39. The molecule has 4 nitrogen and oxygen atoms in total. The number of ether oxygens (including phenoxy) is 1. The topological polar surface area (TPSA) is 28.1 Å². The molecule has 4 aromatic carbocycles. The zero-order valence-electron chi connectivity index (χ0n) is 26.2. The molecule has 0 bridgehead atoms. The Morgan fingerprint density at radius 1 is 0.581 bits per heavy atom. The van der Waals surface area contributed by atoms with E-state index in [1.807, 2.05) is 31.2 Å². The molecule has 220 valence electrons. The first kappa shape index (κ1) is 29.9. The van der Waals surface area contributed by atoms with Gasteiger partial charge in [0.05, 0.1) is 18.0 Å². The Morgan fingerprint density at radius 3 is 1.58 bits per heavy atom. The molecular formula is C39H43N3O. The van der Waals surface area contributed by atoms with Gasteiger partial charge in [-0.3, -0.25) is 0 Å². The maximum atomic E-state index is 5.62. The molecule has 5 rings (SSSR count). The van der Waals surface area contributed by atoms with Gasteiger partial charge in [0.2, 0.25) is 0 Å². The molecule has 0 radical (unpaired) electrons. The van der Waals surface area contributed by atoms with Crippen molar-refractivity contribution in [3.8, 4) is 5.75 Å². The zero-order valence-corrected chi connectivity index (χ0v) is 26.2. The second-order valence-electron chi connectivity index (χ2n) is 10.5. The van der Waals surface area contributed by atoms with Crippen molar-refractivity contribution in [2.24, 2.45) is 4.99 Å². The minimum absolute atomic E-state index is 0.651. The summed E-state index contributed by atoms with van der Waals surface area (Å²) in [6, 6.07) is 34.7. The van der Waals surface area contributed by atoms with Crippen molar-refractivity contribution in [3.05, 3.63) is 131 Å². The molecule has 0 amide bonds. The minimum atomic E-state index is 0.651. The van der Waals surface area contributed by atoms with Crippen molar-refractivity contribution in [1.82, 2.24) is 0 Å². The first-order valence-corrected chi connectivity index (χ1v) is 15.6. The van der Waals surface area contributed by atoms with E-state index < -0.39 is 0 Å². The second kappa shape index (κ2) is 14.1. The van der Waals surface area contributed by atoms with Crippen LogP contribution in [0.25, 0.3) is 11.1 Å². The van der Waals surface area contributed by atoms with Gasteiger partial charge in [0.1, 0.15) is 5.75 Å². The molecule has 0 spiro atoms. The molecule has 0 fully saturated rings. The Labute approximate surface area is 257 Å². The van der Waals surface area contributed by atoms with Crippen LogP contribution < -0.4 is 14.5 Å². The van der Waals surface area contributed by atoms with Crippen molar-refractivity contribution in [3.63, 3.8) is 0 Å². The number of benzene rings is 4. The van der Waals surface area contributed by atoms with Gasteiger partial charge in [-0.15, -0.1) is 0 Å². The van der Waals surface area contributed by atoms with Crippen LogP contribution in [0.4, 0.5) is 17.1 Å². The van der Waals surface area contributed by atoms with Crippen LogP contribution in [0.2, 0.25) is 0 Å². The predicted octanol–water partition coefficient (Wildman–Crippen LogP) is 9.43. The summed E-state index contributed by atoms with van der Waals surface area (Å²) in [5.41, 5.74) is 11.5. The SMILES string of the molecule is CCOc1ccc(N=C2C=CC(=C(c3ccc(N(CC)CC)cc3)c3ccc(N(CC)CC)cc3)c3ccccc32)cc1. The lowest BCUT2D eigenvalue weighted by Gasteiger charge is -2.24. The maximum Gasteiger partial charge on any atom is 0.119 e. The highest BCUT2D eigenvalue weighted by Gasteiger charge is 2.20. The van der Waals surface area contributed by atoms with Crippen molar-refractivity contribution in [2.75, 3.05) is 42.6 Å². The molecular weight excluding hydrogens is 526 g/mol. The first-order valence-electron chi connectivity index (χ1n) is 15.6. The standard InChI is InChI=1S/C39H43N3O/c1-6-41(7-2)32-21-15-29(16-22-32)39(30-17-23-33(24-18-30)42(8-3)9-4)37-27-28-38(36-14-12-11-13-35(36)37)40-31-19-25-34(26-20-31)43-10-5/h11-28H,6-10H2,1-5H3. The molecule has 0 atom stereocenters. The predicted molar refractivity (Wildman–Crippen MR) is 185 cm³/mol. The summed E-state index contributed by atoms with van der Waals surface area (Å²) >= 11 is 0. The van der Waals surface area contributed by atoms with E-state index in [2.05, 4.69) is 122 Å². The number of hydrogen-bond acceptors (Lipinski definition) is 4. The third-order valence-corrected chi connectivity index (χ3v) is 8.14. The Kier molecular flexibility index (Phi) is 9.78. The number of rotatable bonds is 11. The van der Waals surface area contributed by atoms with E-state index in [-0.39, 0.29) is 0 Å². The Bertz CT molecular complexity index is 1530. The normalized spacial score (nSPS) is 13.1. The van der Waals surface area contributed by atoms with Gasteiger partial charge in [0.15, 0.2) is 0 Å². The van der Waals surface area contributed by atoms with Crippen LogP contribution in [0.5, 0.6) is 5.75 Å². The summed E-state index contributed by atoms with van der Waals surface area (Å²) in [7, 11) is 0. The smallest absolute Gasteiger partial charge is 0.119 e. The monoisotopic (exact) mass is 569 g/mol. The molecule has 4 heteroatoms. The Morgan fingerprint density at radius 2 is 1.09 bits per heavy atom. The van der Waals surface area contributed by atoms with Crippen molar-refractivity contribution in [1.29, 1.82) is 0 Å². The highest BCUT2D eigenvalue weighted by Crippen LogP contribution is 2.38. The van der Waals surface area contributed by atoms with Gasteiger partial charge in [-0.1, -0.05) is 54.6 Å². The minimum Gasteiger partial charge on any atom is -0.494 e. The average Bonchev–Trinajstić information content (AvgIpc) is 3.05. The highest BCUT2D eigenvalue weighted by atomic mass is 16.5. The van der Waals surface area contributed by atoms with Gasteiger partial charge in [0, 0.05) is 43.1 Å². The lowest BCUT2D eigenvalue weighted by atomic mass is 9.83. The summed E-state index contributed by atoms with van der Waals surface area (Å²) in [5.74, 6) is 0.861. The number of anilines is 2. The van der Waals surface area contributed by atoms with E-state index in [0.717, 1.165) is 48.9 Å². The molecule has 4 aromatic rings. The molecule has 0 heterocycles. The van der Waals surface area contributed by atoms with Crippen LogP contribution in [-0.2, 0) is 0 Å². The van der Waals surface area contributed by atoms with Crippen LogP contribution >= 0.6 is 0 Å². The van der Waals surface area contributed by atoms with Gasteiger partial charge in [0.25, 0.3) is 0 Å². The van der Waals surface area contributed by atoms with Gasteiger partial charge >= 0.3 is 0 Å². The van der Waals surface area contributed by atoms with E-state index in [1.165, 1.54) is 39.2 Å². The largest absolute Gasteiger partial charge is 0.494 e. The molecule has 0 aliphatic heterocycles. The molecule has 0 saturated carbocycles. The summed E-state index contributed by atoms with van der Waals surface area (Å²) in [6.45, 7) is 15.4. The number of fused-ring (bicyclic) bond motifs is 1. The summed E-state index contributed by atoms with van der Waals surface area (Å²) < 4.78 is 5.62. The molecule has 0 saturated heterocycles. The third-order valence-electron chi connectivity index (χ3n) is 8.14. The molecule has 0 N–H and O–H groups in total. The fourth-order valence-corrected chi connectivity index (χ4v) is 5.85. The van der Waals surface area contributed by atoms with E-state index in [4.69, 9.17) is 9.73 Å². The van der Waals surface area contributed by atoms with Crippen LogP contribution in [0, 0.1) is 0 Å². The fraction of sp³-hybridized carbons (Fsp3) is 0.256. The van der Waals surface area contributed by atoms with Crippen LogP contribution in [0.3, 0.4) is 0 Å². The van der Waals surface area contributed by atoms with Crippen LogP contribution in [-0.4, -0.2) is 38.5 Å². The van der Waals surface area contributed by atoms with Crippen LogP contribution in [0.15, 0.2) is 114 Å². The quantitative estimate of drug-likeness (QED) is 0.180. The molecule has 43 heavy (non-hydrogen) atoms. The van der Waals surface area contributed by atoms with E-state index in [1.54, 1.807) is 0 Å². The molecule has 0 unspecified atom stereocenters. The zero-order chi connectivity index (χ0) is 30.2. The third kappa shape index (κ3) is 6.59. The maximum absolute atomic E-state index is 5.62. The number of hydrogen-bond donors (Lipinski definition) is 0. The summed E-state index contributed by atoms with van der Waals surface area (Å²) in [4.78, 5) is 9.81. The van der Waals surface area contributed by atoms with Crippen molar-refractivity contribution >= 4 is 33.9 Å². The summed E-state index contributed by atoms with van der Waals surface area (Å²) in [5, 5.41) is 0. The second-order valence-corrected chi connectivity index (χ2v) is 10.5. The highest BCUT2D eigenvalue weighted by molar-refractivity contribution is 6.19. The molecule has 1 aliphatic rings. The first-order chi connectivity index (χ1) is 21.1. The van der Waals surface area contributed by atoms with Crippen molar-refractivity contribution in [2.45, 2.75) is 34.6 Å².